The Morgan fingerprint density at radius 3 is 1.80 bits per heavy atom. The number of ketones is 1. The van der Waals surface area contributed by atoms with Crippen molar-refractivity contribution in [3.63, 3.8) is 0 Å². The summed E-state index contributed by atoms with van der Waals surface area (Å²) >= 11 is 0. The molecular formula is C30H21NO4. The highest BCUT2D eigenvalue weighted by Crippen LogP contribution is 2.22. The summed E-state index contributed by atoms with van der Waals surface area (Å²) in [7, 11) is 0. The van der Waals surface area contributed by atoms with Crippen LogP contribution in [0.3, 0.4) is 0 Å². The topological polar surface area (TPSA) is 72.5 Å². The second kappa shape index (κ2) is 9.61. The van der Waals surface area contributed by atoms with Crippen LogP contribution in [0.1, 0.15) is 31.1 Å². The van der Waals surface area contributed by atoms with Crippen LogP contribution < -0.4 is 10.1 Å². The van der Waals surface area contributed by atoms with E-state index in [1.807, 2.05) is 72.8 Å². The monoisotopic (exact) mass is 459 g/mol. The van der Waals surface area contributed by atoms with Gasteiger partial charge in [-0.3, -0.25) is 9.59 Å². The van der Waals surface area contributed by atoms with E-state index in [9.17, 15) is 14.4 Å². The number of carbonyl (C=O) groups is 3. The Balaban J connectivity index is 1.23. The van der Waals surface area contributed by atoms with E-state index >= 15 is 0 Å². The van der Waals surface area contributed by atoms with E-state index < -0.39 is 5.97 Å². The lowest BCUT2D eigenvalue weighted by Gasteiger charge is -2.09. The minimum absolute atomic E-state index is 0.120. The molecule has 1 amide bonds. The third-order valence-electron chi connectivity index (χ3n) is 5.84. The van der Waals surface area contributed by atoms with Gasteiger partial charge in [-0.1, -0.05) is 78.9 Å². The number of Topliss-reactive ketones (excluding diaryl/α,β-unsaturated/α-hetero) is 1. The van der Waals surface area contributed by atoms with E-state index in [0.29, 0.717) is 22.4 Å². The zero-order valence-electron chi connectivity index (χ0n) is 18.7. The molecule has 0 aliphatic heterocycles. The summed E-state index contributed by atoms with van der Waals surface area (Å²) in [5.41, 5.74) is 1.40. The fraction of sp³-hybridized carbons (Fsp3) is 0.0333. The van der Waals surface area contributed by atoms with Gasteiger partial charge in [0.2, 0.25) is 0 Å². The molecule has 5 heteroatoms. The van der Waals surface area contributed by atoms with Crippen LogP contribution >= 0.6 is 0 Å². The maximum Gasteiger partial charge on any atom is 0.344 e. The normalized spacial score (nSPS) is 10.7. The van der Waals surface area contributed by atoms with Crippen molar-refractivity contribution in [1.29, 1.82) is 0 Å². The average molecular weight is 460 g/mol. The molecule has 0 fully saturated rings. The molecular weight excluding hydrogens is 438 g/mol. The molecule has 5 aromatic rings. The van der Waals surface area contributed by atoms with Gasteiger partial charge in [0.1, 0.15) is 5.75 Å². The van der Waals surface area contributed by atoms with Gasteiger partial charge in [0, 0.05) is 11.1 Å². The van der Waals surface area contributed by atoms with Crippen LogP contribution in [0.5, 0.6) is 5.75 Å². The van der Waals surface area contributed by atoms with Crippen molar-refractivity contribution < 1.29 is 19.1 Å². The molecule has 35 heavy (non-hydrogen) atoms. The highest BCUT2D eigenvalue weighted by Gasteiger charge is 2.14. The van der Waals surface area contributed by atoms with Gasteiger partial charge in [-0.05, 0) is 51.9 Å². The summed E-state index contributed by atoms with van der Waals surface area (Å²) in [6.07, 6.45) is 0. The number of benzene rings is 5. The van der Waals surface area contributed by atoms with E-state index in [2.05, 4.69) is 5.32 Å². The van der Waals surface area contributed by atoms with Crippen molar-refractivity contribution in [2.75, 3.05) is 6.54 Å². The fourth-order valence-corrected chi connectivity index (χ4v) is 4.07. The predicted molar refractivity (Wildman–Crippen MR) is 136 cm³/mol. The molecule has 0 aromatic heterocycles. The average Bonchev–Trinajstić information content (AvgIpc) is 2.91. The van der Waals surface area contributed by atoms with Gasteiger partial charge in [-0.15, -0.1) is 0 Å². The van der Waals surface area contributed by atoms with E-state index in [1.165, 1.54) is 0 Å². The highest BCUT2D eigenvalue weighted by molar-refractivity contribution is 6.10. The summed E-state index contributed by atoms with van der Waals surface area (Å²) in [5, 5.41) is 6.26. The standard InChI is InChI=1S/C30H21NO4/c32-28(26-13-5-9-20-7-1-3-11-24(20)26)19-31-29(33)22-15-17-23(18-16-22)35-30(34)27-14-6-10-21-8-2-4-12-25(21)27/h1-18H,19H2,(H,31,33). The number of carbonyl (C=O) groups excluding carboxylic acids is 3. The number of ether oxygens (including phenoxy) is 1. The number of rotatable bonds is 6. The van der Waals surface area contributed by atoms with Crippen LogP contribution in [0.4, 0.5) is 0 Å². The minimum atomic E-state index is -0.473. The number of hydrogen-bond acceptors (Lipinski definition) is 4. The van der Waals surface area contributed by atoms with Gasteiger partial charge in [0.15, 0.2) is 5.78 Å². The Hall–Kier alpha value is -4.77. The lowest BCUT2D eigenvalue weighted by atomic mass is 10.0. The second-order valence-corrected chi connectivity index (χ2v) is 8.07. The molecule has 5 rings (SSSR count). The Bertz CT molecular complexity index is 1560. The van der Waals surface area contributed by atoms with Crippen molar-refractivity contribution in [3.8, 4) is 5.75 Å². The third kappa shape index (κ3) is 4.66. The molecule has 0 aliphatic rings. The molecule has 0 aliphatic carbocycles. The van der Waals surface area contributed by atoms with Gasteiger partial charge < -0.3 is 10.1 Å². The SMILES string of the molecule is O=C(NCC(=O)c1cccc2ccccc12)c1ccc(OC(=O)c2cccc3ccccc23)cc1. The van der Waals surface area contributed by atoms with Crippen molar-refractivity contribution in [1.82, 2.24) is 5.32 Å². The molecule has 0 heterocycles. The molecule has 0 saturated heterocycles. The first kappa shape index (κ1) is 22.0. The van der Waals surface area contributed by atoms with Crippen molar-refractivity contribution in [2.45, 2.75) is 0 Å². The van der Waals surface area contributed by atoms with Gasteiger partial charge in [-0.25, -0.2) is 4.79 Å². The number of hydrogen-bond donors (Lipinski definition) is 1. The molecule has 1 N–H and O–H groups in total. The van der Waals surface area contributed by atoms with Gasteiger partial charge in [-0.2, -0.15) is 0 Å². The maximum absolute atomic E-state index is 12.7. The zero-order chi connectivity index (χ0) is 24.2. The second-order valence-electron chi connectivity index (χ2n) is 8.07. The lowest BCUT2D eigenvalue weighted by molar-refractivity contribution is 0.0736. The molecule has 5 aromatic carbocycles. The van der Waals surface area contributed by atoms with Crippen molar-refractivity contribution in [2.24, 2.45) is 0 Å². The van der Waals surface area contributed by atoms with Crippen LogP contribution in [-0.4, -0.2) is 24.2 Å². The van der Waals surface area contributed by atoms with Crippen molar-refractivity contribution >= 4 is 39.2 Å². The van der Waals surface area contributed by atoms with E-state index in [-0.39, 0.29) is 18.2 Å². The third-order valence-corrected chi connectivity index (χ3v) is 5.84. The smallest absolute Gasteiger partial charge is 0.344 e. The number of amides is 1. The number of fused-ring (bicyclic) bond motifs is 2. The van der Waals surface area contributed by atoms with Crippen LogP contribution in [0.2, 0.25) is 0 Å². The molecule has 5 nitrogen and oxygen atoms in total. The van der Waals surface area contributed by atoms with Crippen LogP contribution in [0, 0.1) is 0 Å². The van der Waals surface area contributed by atoms with Crippen LogP contribution in [0.15, 0.2) is 109 Å². The first-order valence-electron chi connectivity index (χ1n) is 11.2. The van der Waals surface area contributed by atoms with E-state index in [4.69, 9.17) is 4.74 Å². The van der Waals surface area contributed by atoms with E-state index in [1.54, 1.807) is 36.4 Å². The summed E-state index contributed by atoms with van der Waals surface area (Å²) in [4.78, 5) is 38.0. The fourth-order valence-electron chi connectivity index (χ4n) is 4.07. The first-order chi connectivity index (χ1) is 17.1. The largest absolute Gasteiger partial charge is 0.423 e. The highest BCUT2D eigenvalue weighted by atomic mass is 16.5. The Morgan fingerprint density at radius 1 is 0.600 bits per heavy atom. The van der Waals surface area contributed by atoms with Crippen molar-refractivity contribution in [3.05, 3.63) is 126 Å². The maximum atomic E-state index is 12.7. The number of esters is 1. The molecule has 170 valence electrons. The molecule has 0 saturated carbocycles. The molecule has 0 spiro atoms. The molecule has 0 radical (unpaired) electrons. The lowest BCUT2D eigenvalue weighted by Crippen LogP contribution is -2.29. The molecule has 0 bridgehead atoms. The summed E-state index contributed by atoms with van der Waals surface area (Å²) in [6, 6.07) is 32.5. The zero-order valence-corrected chi connectivity index (χ0v) is 18.7. The number of nitrogens with one attached hydrogen (secondary N) is 1. The quantitative estimate of drug-likeness (QED) is 0.197. The van der Waals surface area contributed by atoms with Gasteiger partial charge in [0.05, 0.1) is 12.1 Å². The van der Waals surface area contributed by atoms with Crippen LogP contribution in [-0.2, 0) is 0 Å². The van der Waals surface area contributed by atoms with Gasteiger partial charge in [0.25, 0.3) is 5.91 Å². The first-order valence-corrected chi connectivity index (χ1v) is 11.2. The summed E-state index contributed by atoms with van der Waals surface area (Å²) in [5.74, 6) is -0.702. The minimum Gasteiger partial charge on any atom is -0.423 e. The Morgan fingerprint density at radius 2 is 1.14 bits per heavy atom. The summed E-state index contributed by atoms with van der Waals surface area (Å²) < 4.78 is 5.52. The predicted octanol–water partition coefficient (Wildman–Crippen LogP) is 5.82. The van der Waals surface area contributed by atoms with Gasteiger partial charge >= 0.3 is 5.97 Å². The summed E-state index contributed by atoms with van der Waals surface area (Å²) in [6.45, 7) is -0.120. The Kier molecular flexibility index (Phi) is 6.05. The van der Waals surface area contributed by atoms with Crippen LogP contribution in [0.25, 0.3) is 21.5 Å². The Labute approximate surface area is 202 Å². The molecule has 0 unspecified atom stereocenters. The molecule has 0 atom stereocenters. The van der Waals surface area contributed by atoms with E-state index in [0.717, 1.165) is 21.5 Å².